The van der Waals surface area contributed by atoms with Gasteiger partial charge in [0.1, 0.15) is 0 Å². The van der Waals surface area contributed by atoms with E-state index in [0.717, 1.165) is 46.6 Å². The number of amides is 1. The lowest BCUT2D eigenvalue weighted by molar-refractivity contribution is 0.112. The lowest BCUT2D eigenvalue weighted by Gasteiger charge is -2.32. The molecule has 174 valence electrons. The molecule has 10 heteroatoms. The molecular weight excluding hydrogens is 450 g/mol. The number of benzene rings is 1. The van der Waals surface area contributed by atoms with Gasteiger partial charge in [0.05, 0.1) is 22.3 Å². The molecule has 1 amide bonds. The minimum atomic E-state index is -0.883. The summed E-state index contributed by atoms with van der Waals surface area (Å²) < 4.78 is 0.976. The van der Waals surface area contributed by atoms with E-state index in [1.165, 1.54) is 0 Å². The van der Waals surface area contributed by atoms with Crippen molar-refractivity contribution in [2.24, 2.45) is 0 Å². The fourth-order valence-electron chi connectivity index (χ4n) is 5.37. The molecule has 2 unspecified atom stereocenters. The Morgan fingerprint density at radius 1 is 1.26 bits per heavy atom. The van der Waals surface area contributed by atoms with E-state index in [0.29, 0.717) is 18.3 Å². The quantitative estimate of drug-likeness (QED) is 0.369. The number of carboxylic acid groups (broad SMARTS) is 1. The van der Waals surface area contributed by atoms with Crippen molar-refractivity contribution in [2.45, 2.75) is 50.9 Å². The molecule has 0 spiro atoms. The van der Waals surface area contributed by atoms with Crippen molar-refractivity contribution in [3.05, 3.63) is 59.1 Å². The predicted molar refractivity (Wildman–Crippen MR) is 132 cm³/mol. The zero-order valence-electron chi connectivity index (χ0n) is 18.7. The van der Waals surface area contributed by atoms with Gasteiger partial charge in [-0.25, -0.2) is 9.78 Å². The molecule has 2 fully saturated rings. The van der Waals surface area contributed by atoms with E-state index in [9.17, 15) is 9.90 Å². The SMILES string of the molecule is Cc1cc(Nc2nc(N3C4CCC3[C@@H](N(Cc3ccccc3)C(=O)O)C4)nc3ccsc23)n[nH]1. The maximum atomic E-state index is 12.3. The summed E-state index contributed by atoms with van der Waals surface area (Å²) >= 11 is 1.59. The fraction of sp³-hybridized carbons (Fsp3) is 0.333. The van der Waals surface area contributed by atoms with Gasteiger partial charge < -0.3 is 15.3 Å². The molecule has 3 atom stereocenters. The molecule has 2 aliphatic rings. The minimum Gasteiger partial charge on any atom is -0.465 e. The standard InChI is InChI=1S/C24H25N7O2S/c1-14-11-20(29-28-14)26-22-21-17(9-10-34-21)25-23(27-22)31-16-7-8-18(31)19(12-16)30(24(32)33)13-15-5-3-2-4-6-15/h2-6,9-11,16,18-19H,7-8,12-13H2,1H3,(H,32,33)(H2,25,26,27,28,29)/t16?,18?,19-/m0/s1. The van der Waals surface area contributed by atoms with Crippen LogP contribution >= 0.6 is 11.3 Å². The molecule has 0 radical (unpaired) electrons. The number of aromatic amines is 1. The number of hydrogen-bond donors (Lipinski definition) is 3. The molecule has 2 bridgehead atoms. The molecule has 2 aliphatic heterocycles. The van der Waals surface area contributed by atoms with E-state index in [2.05, 4.69) is 20.4 Å². The second-order valence-corrected chi connectivity index (χ2v) is 9.89. The predicted octanol–water partition coefficient (Wildman–Crippen LogP) is 4.76. The summed E-state index contributed by atoms with van der Waals surface area (Å²) in [6.45, 7) is 2.34. The second kappa shape index (κ2) is 8.28. The summed E-state index contributed by atoms with van der Waals surface area (Å²) in [4.78, 5) is 25.9. The smallest absolute Gasteiger partial charge is 0.407 e. The molecule has 6 rings (SSSR count). The average molecular weight is 476 g/mol. The first-order valence-electron chi connectivity index (χ1n) is 11.4. The Morgan fingerprint density at radius 2 is 2.12 bits per heavy atom. The third-order valence-corrected chi connectivity index (χ3v) is 7.73. The number of thiophene rings is 1. The number of aryl methyl sites for hydroxylation is 1. The van der Waals surface area contributed by atoms with Crippen LogP contribution in [0.2, 0.25) is 0 Å². The number of aromatic nitrogens is 4. The largest absolute Gasteiger partial charge is 0.465 e. The molecule has 9 nitrogen and oxygen atoms in total. The highest BCUT2D eigenvalue weighted by Crippen LogP contribution is 2.43. The Kier molecular flexibility index (Phi) is 5.09. The molecule has 4 aromatic rings. The Balaban J connectivity index is 1.32. The fourth-order valence-corrected chi connectivity index (χ4v) is 6.14. The van der Waals surface area contributed by atoms with E-state index in [-0.39, 0.29) is 18.1 Å². The van der Waals surface area contributed by atoms with E-state index >= 15 is 0 Å². The summed E-state index contributed by atoms with van der Waals surface area (Å²) in [6.07, 6.45) is 1.86. The van der Waals surface area contributed by atoms with Crippen molar-refractivity contribution in [1.29, 1.82) is 0 Å². The summed E-state index contributed by atoms with van der Waals surface area (Å²) in [5, 5.41) is 22.6. The average Bonchev–Trinajstić information content (AvgIpc) is 3.62. The Hall–Kier alpha value is -3.66. The second-order valence-electron chi connectivity index (χ2n) is 8.97. The Labute approximate surface area is 200 Å². The van der Waals surface area contributed by atoms with Crippen LogP contribution in [0.5, 0.6) is 0 Å². The molecule has 0 saturated carbocycles. The number of H-pyrrole nitrogens is 1. The molecule has 0 aliphatic carbocycles. The molecule has 3 N–H and O–H groups in total. The Bertz CT molecular complexity index is 1340. The van der Waals surface area contributed by atoms with Crippen LogP contribution in [-0.2, 0) is 6.54 Å². The lowest BCUT2D eigenvalue weighted by atomic mass is 9.94. The van der Waals surface area contributed by atoms with Crippen molar-refractivity contribution < 1.29 is 9.90 Å². The number of hydrogen-bond acceptors (Lipinski definition) is 7. The number of rotatable bonds is 6. The highest BCUT2D eigenvalue weighted by molar-refractivity contribution is 7.17. The van der Waals surface area contributed by atoms with Crippen LogP contribution in [0.15, 0.2) is 47.8 Å². The van der Waals surface area contributed by atoms with Crippen LogP contribution in [0.25, 0.3) is 10.2 Å². The maximum Gasteiger partial charge on any atom is 0.407 e. The minimum absolute atomic E-state index is 0.0568. The van der Waals surface area contributed by atoms with Gasteiger partial charge in [-0.15, -0.1) is 11.3 Å². The first-order valence-corrected chi connectivity index (χ1v) is 12.3. The summed E-state index contributed by atoms with van der Waals surface area (Å²) in [7, 11) is 0. The number of nitrogens with zero attached hydrogens (tertiary/aromatic N) is 5. The van der Waals surface area contributed by atoms with Gasteiger partial charge in [-0.05, 0) is 43.2 Å². The van der Waals surface area contributed by atoms with Gasteiger partial charge >= 0.3 is 6.09 Å². The first-order chi connectivity index (χ1) is 16.6. The Morgan fingerprint density at radius 3 is 2.88 bits per heavy atom. The van der Waals surface area contributed by atoms with Crippen molar-refractivity contribution in [3.63, 3.8) is 0 Å². The number of anilines is 3. The van der Waals surface area contributed by atoms with Crippen molar-refractivity contribution in [1.82, 2.24) is 25.1 Å². The zero-order valence-corrected chi connectivity index (χ0v) is 19.5. The van der Waals surface area contributed by atoms with Crippen LogP contribution in [0.3, 0.4) is 0 Å². The van der Waals surface area contributed by atoms with Crippen LogP contribution < -0.4 is 10.2 Å². The molecule has 34 heavy (non-hydrogen) atoms. The van der Waals surface area contributed by atoms with Crippen LogP contribution in [0.4, 0.5) is 22.4 Å². The normalized spacial score (nSPS) is 21.3. The number of fused-ring (bicyclic) bond motifs is 3. The van der Waals surface area contributed by atoms with Gasteiger partial charge in [-0.3, -0.25) is 10.00 Å². The number of nitrogens with one attached hydrogen (secondary N) is 2. The third-order valence-electron chi connectivity index (χ3n) is 6.82. The topological polar surface area (TPSA) is 110 Å². The van der Waals surface area contributed by atoms with Crippen molar-refractivity contribution >= 4 is 45.2 Å². The molecule has 1 aromatic carbocycles. The van der Waals surface area contributed by atoms with E-state index in [4.69, 9.17) is 9.97 Å². The molecule has 2 saturated heterocycles. The van der Waals surface area contributed by atoms with Gasteiger partial charge in [0, 0.05) is 24.3 Å². The van der Waals surface area contributed by atoms with Gasteiger partial charge in [0.25, 0.3) is 0 Å². The van der Waals surface area contributed by atoms with Crippen LogP contribution in [0, 0.1) is 6.92 Å². The molecular formula is C24H25N7O2S. The van der Waals surface area contributed by atoms with E-state index < -0.39 is 6.09 Å². The molecule has 3 aromatic heterocycles. The van der Waals surface area contributed by atoms with Gasteiger partial charge in [0.2, 0.25) is 5.95 Å². The lowest BCUT2D eigenvalue weighted by Crippen LogP contribution is -2.46. The van der Waals surface area contributed by atoms with Crippen molar-refractivity contribution in [3.8, 4) is 0 Å². The summed E-state index contributed by atoms with van der Waals surface area (Å²) in [5.41, 5.74) is 2.84. The maximum absolute atomic E-state index is 12.3. The van der Waals surface area contributed by atoms with Gasteiger partial charge in [-0.2, -0.15) is 10.1 Å². The van der Waals surface area contributed by atoms with Crippen LogP contribution in [0.1, 0.15) is 30.5 Å². The molecule has 5 heterocycles. The van der Waals surface area contributed by atoms with Crippen molar-refractivity contribution in [2.75, 3.05) is 10.2 Å². The third kappa shape index (κ3) is 3.63. The van der Waals surface area contributed by atoms with Gasteiger partial charge in [0.15, 0.2) is 11.6 Å². The summed E-state index contributed by atoms with van der Waals surface area (Å²) in [6, 6.07) is 13.9. The highest BCUT2D eigenvalue weighted by atomic mass is 32.1. The number of carbonyl (C=O) groups is 1. The van der Waals surface area contributed by atoms with E-state index in [1.807, 2.05) is 54.8 Å². The monoisotopic (exact) mass is 475 g/mol. The van der Waals surface area contributed by atoms with E-state index in [1.54, 1.807) is 16.2 Å². The van der Waals surface area contributed by atoms with Gasteiger partial charge in [-0.1, -0.05) is 30.3 Å². The first kappa shape index (κ1) is 20.9. The highest BCUT2D eigenvalue weighted by Gasteiger charge is 2.50. The zero-order chi connectivity index (χ0) is 23.2. The van der Waals surface area contributed by atoms with Crippen LogP contribution in [-0.4, -0.2) is 54.4 Å². The summed E-state index contributed by atoms with van der Waals surface area (Å²) in [5.74, 6) is 2.09.